The molecule has 1 aromatic heterocycles. The van der Waals surface area contributed by atoms with Crippen molar-refractivity contribution in [3.63, 3.8) is 0 Å². The van der Waals surface area contributed by atoms with E-state index in [1.54, 1.807) is 0 Å². The number of aliphatic hydroxyl groups is 1. The van der Waals surface area contributed by atoms with E-state index in [9.17, 15) is 5.11 Å². The van der Waals surface area contributed by atoms with Crippen molar-refractivity contribution in [2.75, 3.05) is 0 Å². The maximum atomic E-state index is 10.3. The Morgan fingerprint density at radius 1 is 1.47 bits per heavy atom. The minimum absolute atomic E-state index is 0.120. The van der Waals surface area contributed by atoms with Crippen molar-refractivity contribution in [1.29, 1.82) is 0 Å². The van der Waals surface area contributed by atoms with Gasteiger partial charge in [-0.15, -0.1) is 0 Å². The fraction of sp³-hybridized carbons (Fsp3) is 0.400. The van der Waals surface area contributed by atoms with Gasteiger partial charge in [-0.25, -0.2) is 0 Å². The van der Waals surface area contributed by atoms with Crippen LogP contribution in [0.25, 0.3) is 0 Å². The van der Waals surface area contributed by atoms with E-state index >= 15 is 0 Å². The second-order valence-electron chi connectivity index (χ2n) is 5.03. The molecule has 0 bridgehead atoms. The van der Waals surface area contributed by atoms with Gasteiger partial charge in [0.15, 0.2) is 0 Å². The van der Waals surface area contributed by atoms with Crippen molar-refractivity contribution >= 4 is 0 Å². The Morgan fingerprint density at radius 2 is 2.32 bits per heavy atom. The maximum absolute atomic E-state index is 10.3. The van der Waals surface area contributed by atoms with E-state index in [1.807, 2.05) is 49.1 Å². The van der Waals surface area contributed by atoms with Crippen molar-refractivity contribution in [2.45, 2.75) is 39.0 Å². The second kappa shape index (κ2) is 4.70. The van der Waals surface area contributed by atoms with E-state index in [4.69, 9.17) is 4.74 Å². The van der Waals surface area contributed by atoms with Gasteiger partial charge in [-0.05, 0) is 26.0 Å². The minimum Gasteiger partial charge on any atom is -0.485 e. The molecule has 1 aromatic carbocycles. The Balaban J connectivity index is 1.90. The summed E-state index contributed by atoms with van der Waals surface area (Å²) >= 11 is 0. The molecule has 2 aromatic rings. The lowest BCUT2D eigenvalue weighted by atomic mass is 9.95. The van der Waals surface area contributed by atoms with E-state index in [1.165, 1.54) is 0 Å². The van der Waals surface area contributed by atoms with Crippen LogP contribution in [0.4, 0.5) is 0 Å². The third-order valence-electron chi connectivity index (χ3n) is 3.58. The summed E-state index contributed by atoms with van der Waals surface area (Å²) in [4.78, 5) is 0. The molecule has 0 radical (unpaired) electrons. The Kier molecular flexibility index (Phi) is 3.03. The van der Waals surface area contributed by atoms with Gasteiger partial charge < -0.3 is 9.84 Å². The van der Waals surface area contributed by atoms with Crippen molar-refractivity contribution < 1.29 is 9.84 Å². The molecule has 0 saturated heterocycles. The highest BCUT2D eigenvalue weighted by atomic mass is 16.5. The van der Waals surface area contributed by atoms with E-state index in [0.717, 1.165) is 29.0 Å². The van der Waals surface area contributed by atoms with Crippen LogP contribution in [0.2, 0.25) is 0 Å². The van der Waals surface area contributed by atoms with Crippen molar-refractivity contribution in [1.82, 2.24) is 9.78 Å². The SMILES string of the molecule is CCn1cc(C2CC(O)c3cc(C)ccc3O2)cn1. The zero-order chi connectivity index (χ0) is 13.4. The first-order chi connectivity index (χ1) is 9.17. The molecule has 0 amide bonds. The standard InChI is InChI=1S/C15H18N2O2/c1-3-17-9-11(8-16-17)15-7-13(18)12-6-10(2)4-5-14(12)19-15/h4-6,8-9,13,15,18H,3,7H2,1-2H3. The van der Waals surface area contributed by atoms with Gasteiger partial charge in [-0.2, -0.15) is 5.10 Å². The molecule has 2 unspecified atom stereocenters. The van der Waals surface area contributed by atoms with Crippen LogP contribution in [0.15, 0.2) is 30.6 Å². The highest BCUT2D eigenvalue weighted by Crippen LogP contribution is 2.40. The lowest BCUT2D eigenvalue weighted by Crippen LogP contribution is -2.18. The van der Waals surface area contributed by atoms with Crippen LogP contribution in [0.3, 0.4) is 0 Å². The Morgan fingerprint density at radius 3 is 3.05 bits per heavy atom. The van der Waals surface area contributed by atoms with E-state index in [-0.39, 0.29) is 6.10 Å². The van der Waals surface area contributed by atoms with E-state index in [2.05, 4.69) is 5.10 Å². The molecule has 3 rings (SSSR count). The van der Waals surface area contributed by atoms with Gasteiger partial charge >= 0.3 is 0 Å². The number of hydrogen-bond acceptors (Lipinski definition) is 3. The lowest BCUT2D eigenvalue weighted by Gasteiger charge is -2.29. The smallest absolute Gasteiger partial charge is 0.130 e. The van der Waals surface area contributed by atoms with Crippen molar-refractivity contribution in [3.8, 4) is 5.75 Å². The molecule has 100 valence electrons. The molecule has 1 aliphatic rings. The van der Waals surface area contributed by atoms with Gasteiger partial charge in [-0.3, -0.25) is 4.68 Å². The van der Waals surface area contributed by atoms with Crippen LogP contribution in [0.5, 0.6) is 5.75 Å². The van der Waals surface area contributed by atoms with Crippen LogP contribution in [0, 0.1) is 6.92 Å². The number of nitrogens with zero attached hydrogens (tertiary/aromatic N) is 2. The zero-order valence-corrected chi connectivity index (χ0v) is 11.2. The molecular weight excluding hydrogens is 240 g/mol. The van der Waals surface area contributed by atoms with Crippen LogP contribution >= 0.6 is 0 Å². The molecule has 4 heteroatoms. The second-order valence-corrected chi connectivity index (χ2v) is 5.03. The average Bonchev–Trinajstić information content (AvgIpc) is 2.88. The Hall–Kier alpha value is -1.81. The van der Waals surface area contributed by atoms with Gasteiger partial charge in [0, 0.05) is 30.3 Å². The number of ether oxygens (including phenoxy) is 1. The summed E-state index contributed by atoms with van der Waals surface area (Å²) in [5, 5.41) is 14.5. The fourth-order valence-corrected chi connectivity index (χ4v) is 2.49. The molecule has 0 fully saturated rings. The van der Waals surface area contributed by atoms with Crippen LogP contribution in [0.1, 0.15) is 42.2 Å². The summed E-state index contributed by atoms with van der Waals surface area (Å²) < 4.78 is 7.86. The Labute approximate surface area is 112 Å². The molecule has 0 saturated carbocycles. The zero-order valence-electron chi connectivity index (χ0n) is 11.2. The average molecular weight is 258 g/mol. The molecule has 2 heterocycles. The van der Waals surface area contributed by atoms with Crippen LogP contribution < -0.4 is 4.74 Å². The van der Waals surface area contributed by atoms with Gasteiger partial charge in [0.2, 0.25) is 0 Å². The Bertz CT molecular complexity index is 592. The molecule has 1 aliphatic heterocycles. The molecule has 0 spiro atoms. The predicted molar refractivity (Wildman–Crippen MR) is 72.0 cm³/mol. The number of aryl methyl sites for hydroxylation is 2. The first kappa shape index (κ1) is 12.2. The summed E-state index contributed by atoms with van der Waals surface area (Å²) in [6.07, 6.45) is 3.78. The number of benzene rings is 1. The summed E-state index contributed by atoms with van der Waals surface area (Å²) in [5.41, 5.74) is 3.05. The van der Waals surface area contributed by atoms with Gasteiger partial charge in [0.05, 0.1) is 12.3 Å². The molecule has 2 atom stereocenters. The number of rotatable bonds is 2. The third kappa shape index (κ3) is 2.24. The number of aromatic nitrogens is 2. The molecule has 19 heavy (non-hydrogen) atoms. The van der Waals surface area contributed by atoms with Crippen LogP contribution in [-0.4, -0.2) is 14.9 Å². The number of fused-ring (bicyclic) bond motifs is 1. The van der Waals surface area contributed by atoms with Gasteiger partial charge in [0.25, 0.3) is 0 Å². The minimum atomic E-state index is -0.473. The number of hydrogen-bond donors (Lipinski definition) is 1. The molecule has 1 N–H and O–H groups in total. The quantitative estimate of drug-likeness (QED) is 0.901. The highest BCUT2D eigenvalue weighted by molar-refractivity contribution is 5.40. The normalized spacial score (nSPS) is 21.8. The first-order valence-electron chi connectivity index (χ1n) is 6.65. The van der Waals surface area contributed by atoms with Crippen molar-refractivity contribution in [2.24, 2.45) is 0 Å². The van der Waals surface area contributed by atoms with Crippen LogP contribution in [-0.2, 0) is 6.54 Å². The number of aliphatic hydroxyl groups excluding tert-OH is 1. The summed E-state index contributed by atoms with van der Waals surface area (Å²) in [6.45, 7) is 4.90. The van der Waals surface area contributed by atoms with Gasteiger partial charge in [-0.1, -0.05) is 11.6 Å². The maximum Gasteiger partial charge on any atom is 0.130 e. The molecule has 0 aliphatic carbocycles. The first-order valence-corrected chi connectivity index (χ1v) is 6.65. The summed E-state index contributed by atoms with van der Waals surface area (Å²) in [6, 6.07) is 5.93. The lowest BCUT2D eigenvalue weighted by molar-refractivity contribution is 0.0656. The predicted octanol–water partition coefficient (Wildman–Crippen LogP) is 2.77. The summed E-state index contributed by atoms with van der Waals surface area (Å²) in [7, 11) is 0. The highest BCUT2D eigenvalue weighted by Gasteiger charge is 2.28. The largest absolute Gasteiger partial charge is 0.485 e. The van der Waals surface area contributed by atoms with E-state index in [0.29, 0.717) is 6.42 Å². The summed E-state index contributed by atoms with van der Waals surface area (Å²) in [5.74, 6) is 0.776. The third-order valence-corrected chi connectivity index (χ3v) is 3.58. The molecule has 4 nitrogen and oxygen atoms in total. The fourth-order valence-electron chi connectivity index (χ4n) is 2.49. The molecular formula is C15H18N2O2. The topological polar surface area (TPSA) is 47.3 Å². The van der Waals surface area contributed by atoms with Gasteiger partial charge in [0.1, 0.15) is 11.9 Å². The van der Waals surface area contributed by atoms with E-state index < -0.39 is 6.10 Å². The van der Waals surface area contributed by atoms with Crippen molar-refractivity contribution in [3.05, 3.63) is 47.3 Å². The monoisotopic (exact) mass is 258 g/mol.